The maximum absolute atomic E-state index is 12.5. The van der Waals surface area contributed by atoms with Crippen molar-refractivity contribution in [2.75, 3.05) is 19.6 Å². The molecule has 1 saturated heterocycles. The average Bonchev–Trinajstić information content (AvgIpc) is 2.82. The minimum atomic E-state index is -0.261. The maximum Gasteiger partial charge on any atom is 0.261 e. The lowest BCUT2D eigenvalue weighted by Gasteiger charge is -2.20. The summed E-state index contributed by atoms with van der Waals surface area (Å²) in [6.45, 7) is 3.47. The van der Waals surface area contributed by atoms with Crippen molar-refractivity contribution >= 4 is 22.7 Å². The third kappa shape index (κ3) is 4.09. The molecule has 1 aliphatic heterocycles. The van der Waals surface area contributed by atoms with Gasteiger partial charge in [0.2, 0.25) is 11.8 Å². The summed E-state index contributed by atoms with van der Waals surface area (Å²) in [5.74, 6) is -0.106. The Balaban J connectivity index is 1.58. The smallest absolute Gasteiger partial charge is 0.261 e. The highest BCUT2D eigenvalue weighted by atomic mass is 16.2. The molecule has 2 aromatic rings. The first-order valence-corrected chi connectivity index (χ1v) is 9.05. The summed E-state index contributed by atoms with van der Waals surface area (Å²) in [7, 11) is 0. The number of para-hydroxylation sites is 1. The highest BCUT2D eigenvalue weighted by Gasteiger charge is 2.16. The molecular weight excluding hydrogens is 332 g/mol. The fourth-order valence-electron chi connectivity index (χ4n) is 3.27. The summed E-state index contributed by atoms with van der Waals surface area (Å²) in [5.41, 5.74) is 1.36. The molecule has 0 spiro atoms. The lowest BCUT2D eigenvalue weighted by atomic mass is 10.1. The number of nitrogens with one attached hydrogen (secondary N) is 1. The molecular formula is C19H24N4O3. The second-order valence-corrected chi connectivity index (χ2v) is 6.69. The van der Waals surface area contributed by atoms with Crippen LogP contribution in [0.1, 0.15) is 31.2 Å². The van der Waals surface area contributed by atoms with E-state index >= 15 is 0 Å². The predicted molar refractivity (Wildman–Crippen MR) is 98.8 cm³/mol. The second-order valence-electron chi connectivity index (χ2n) is 6.69. The van der Waals surface area contributed by atoms with E-state index in [1.54, 1.807) is 11.0 Å². The number of benzene rings is 1. The third-order valence-corrected chi connectivity index (χ3v) is 4.74. The van der Waals surface area contributed by atoms with Crippen LogP contribution in [0.2, 0.25) is 0 Å². The van der Waals surface area contributed by atoms with Gasteiger partial charge in [0.15, 0.2) is 0 Å². The maximum atomic E-state index is 12.5. The summed E-state index contributed by atoms with van der Waals surface area (Å²) >= 11 is 0. The number of nitrogens with zero attached hydrogens (tertiary/aromatic N) is 3. The average molecular weight is 356 g/mol. The zero-order chi connectivity index (χ0) is 18.5. The Morgan fingerprint density at radius 1 is 1.23 bits per heavy atom. The van der Waals surface area contributed by atoms with Gasteiger partial charge in [0.1, 0.15) is 6.54 Å². The van der Waals surface area contributed by atoms with Gasteiger partial charge in [-0.1, -0.05) is 18.6 Å². The van der Waals surface area contributed by atoms with E-state index in [9.17, 15) is 14.4 Å². The largest absolute Gasteiger partial charge is 0.353 e. The zero-order valence-electron chi connectivity index (χ0n) is 15.0. The number of hydrogen-bond donors (Lipinski definition) is 1. The quantitative estimate of drug-likeness (QED) is 0.873. The van der Waals surface area contributed by atoms with Crippen molar-refractivity contribution in [3.05, 3.63) is 40.4 Å². The molecule has 0 radical (unpaired) electrons. The Bertz CT molecular complexity index is 875. The van der Waals surface area contributed by atoms with Crippen LogP contribution < -0.4 is 10.9 Å². The highest BCUT2D eigenvalue weighted by molar-refractivity contribution is 5.81. The molecule has 1 aromatic heterocycles. The summed E-state index contributed by atoms with van der Waals surface area (Å²) in [6, 6.07) is 5.43. The Labute approximate surface area is 152 Å². The molecule has 0 saturated carbocycles. The van der Waals surface area contributed by atoms with Crippen LogP contribution in [0.4, 0.5) is 0 Å². The van der Waals surface area contributed by atoms with Crippen LogP contribution in [0.25, 0.3) is 10.9 Å². The topological polar surface area (TPSA) is 84.3 Å². The van der Waals surface area contributed by atoms with E-state index in [1.165, 1.54) is 10.9 Å². The Kier molecular flexibility index (Phi) is 5.65. The van der Waals surface area contributed by atoms with Gasteiger partial charge in [-0.15, -0.1) is 0 Å². The molecule has 2 amide bonds. The molecule has 2 heterocycles. The summed E-state index contributed by atoms with van der Waals surface area (Å²) < 4.78 is 1.31. The van der Waals surface area contributed by atoms with Crippen molar-refractivity contribution in [3.63, 3.8) is 0 Å². The minimum Gasteiger partial charge on any atom is -0.353 e. The molecule has 0 atom stereocenters. The molecule has 26 heavy (non-hydrogen) atoms. The van der Waals surface area contributed by atoms with Gasteiger partial charge in [-0.2, -0.15) is 0 Å². The molecule has 1 aliphatic rings. The fourth-order valence-corrected chi connectivity index (χ4v) is 3.27. The molecule has 1 aromatic carbocycles. The first-order chi connectivity index (χ1) is 12.6. The van der Waals surface area contributed by atoms with Crippen molar-refractivity contribution in [2.45, 2.75) is 39.2 Å². The van der Waals surface area contributed by atoms with Gasteiger partial charge < -0.3 is 10.2 Å². The minimum absolute atomic E-state index is 0.0797. The van der Waals surface area contributed by atoms with Gasteiger partial charge in [0.25, 0.3) is 5.56 Å². The van der Waals surface area contributed by atoms with Gasteiger partial charge in [-0.25, -0.2) is 4.98 Å². The zero-order valence-corrected chi connectivity index (χ0v) is 15.0. The van der Waals surface area contributed by atoms with Gasteiger partial charge >= 0.3 is 0 Å². The van der Waals surface area contributed by atoms with Gasteiger partial charge in [0, 0.05) is 26.1 Å². The highest BCUT2D eigenvalue weighted by Crippen LogP contribution is 2.11. The first-order valence-electron chi connectivity index (χ1n) is 9.05. The molecule has 138 valence electrons. The van der Waals surface area contributed by atoms with Gasteiger partial charge in [-0.3, -0.25) is 19.0 Å². The number of carbonyl (C=O) groups excluding carboxylic acids is 2. The normalized spacial score (nSPS) is 15.1. The number of amides is 2. The van der Waals surface area contributed by atoms with E-state index in [0.29, 0.717) is 30.4 Å². The Hall–Kier alpha value is -2.70. The third-order valence-electron chi connectivity index (χ3n) is 4.74. The number of hydrogen-bond acceptors (Lipinski definition) is 4. The van der Waals surface area contributed by atoms with Crippen molar-refractivity contribution in [1.82, 2.24) is 19.8 Å². The molecule has 7 heteroatoms. The molecule has 1 N–H and O–H groups in total. The van der Waals surface area contributed by atoms with Crippen LogP contribution >= 0.6 is 0 Å². The van der Waals surface area contributed by atoms with Crippen molar-refractivity contribution < 1.29 is 9.59 Å². The Morgan fingerprint density at radius 2 is 2.08 bits per heavy atom. The summed E-state index contributed by atoms with van der Waals surface area (Å²) in [5, 5.41) is 3.30. The van der Waals surface area contributed by atoms with Gasteiger partial charge in [-0.05, 0) is 31.4 Å². The second kappa shape index (κ2) is 8.12. The molecule has 0 unspecified atom stereocenters. The lowest BCUT2D eigenvalue weighted by Crippen LogP contribution is -2.40. The molecule has 7 nitrogen and oxygen atoms in total. The monoisotopic (exact) mass is 356 g/mol. The van der Waals surface area contributed by atoms with Crippen molar-refractivity contribution in [2.24, 2.45) is 0 Å². The van der Waals surface area contributed by atoms with E-state index in [2.05, 4.69) is 10.3 Å². The number of carbonyl (C=O) groups is 2. The fraction of sp³-hybridized carbons (Fsp3) is 0.474. The predicted octanol–water partition coefficient (Wildman–Crippen LogP) is 1.22. The van der Waals surface area contributed by atoms with Crippen LogP contribution in [0.15, 0.2) is 29.3 Å². The summed E-state index contributed by atoms with van der Waals surface area (Å²) in [6.07, 6.45) is 5.03. The number of fused-ring (bicyclic) bond motifs is 1. The molecule has 0 bridgehead atoms. The van der Waals surface area contributed by atoms with Crippen molar-refractivity contribution in [3.8, 4) is 0 Å². The Morgan fingerprint density at radius 3 is 2.92 bits per heavy atom. The number of aryl methyl sites for hydroxylation is 1. The lowest BCUT2D eigenvalue weighted by molar-refractivity contribution is -0.131. The van der Waals surface area contributed by atoms with E-state index in [4.69, 9.17) is 0 Å². The van der Waals surface area contributed by atoms with Crippen LogP contribution in [0, 0.1) is 6.92 Å². The van der Waals surface area contributed by atoms with E-state index in [1.807, 2.05) is 19.1 Å². The van der Waals surface area contributed by atoms with Gasteiger partial charge in [0.05, 0.1) is 17.2 Å². The first kappa shape index (κ1) is 18.1. The van der Waals surface area contributed by atoms with E-state index in [-0.39, 0.29) is 23.9 Å². The number of likely N-dealkylation sites (tertiary alicyclic amines) is 1. The standard InChI is InChI=1S/C19H24N4O3/c1-14-6-5-7-15-18(14)21-13-23(19(15)26)12-16(24)20-9-11-22-10-4-2-3-8-17(22)25/h5-7,13H,2-4,8-12H2,1H3,(H,20,24). The van der Waals surface area contributed by atoms with Crippen LogP contribution in [-0.2, 0) is 16.1 Å². The number of rotatable bonds is 5. The van der Waals surface area contributed by atoms with Crippen LogP contribution in [-0.4, -0.2) is 45.9 Å². The number of aromatic nitrogens is 2. The van der Waals surface area contributed by atoms with E-state index in [0.717, 1.165) is 31.4 Å². The van der Waals surface area contributed by atoms with E-state index < -0.39 is 0 Å². The SMILES string of the molecule is Cc1cccc2c(=O)n(CC(=O)NCCN3CCCCCC3=O)cnc12. The molecule has 0 aliphatic carbocycles. The van der Waals surface area contributed by atoms with Crippen LogP contribution in [0.5, 0.6) is 0 Å². The van der Waals surface area contributed by atoms with Crippen molar-refractivity contribution in [1.29, 1.82) is 0 Å². The summed E-state index contributed by atoms with van der Waals surface area (Å²) in [4.78, 5) is 42.7. The molecule has 3 rings (SSSR count). The van der Waals surface area contributed by atoms with Crippen LogP contribution in [0.3, 0.4) is 0 Å². The molecule has 1 fully saturated rings.